The summed E-state index contributed by atoms with van der Waals surface area (Å²) in [7, 11) is 0. The summed E-state index contributed by atoms with van der Waals surface area (Å²) in [5.41, 5.74) is 0.934. The first-order valence-electron chi connectivity index (χ1n) is 12.0. The van der Waals surface area contributed by atoms with Crippen LogP contribution in [0.3, 0.4) is 0 Å². The lowest BCUT2D eigenvalue weighted by molar-refractivity contribution is -0.188. The Morgan fingerprint density at radius 3 is 2.42 bits per heavy atom. The first-order valence-corrected chi connectivity index (χ1v) is 12.0. The molecular formula is C25H37N3O8. The monoisotopic (exact) mass is 507 g/mol. The third kappa shape index (κ3) is 9.57. The highest BCUT2D eigenvalue weighted by Crippen LogP contribution is 2.36. The van der Waals surface area contributed by atoms with Gasteiger partial charge in [0.25, 0.3) is 12.9 Å². The average Bonchev–Trinajstić information content (AvgIpc) is 3.39. The number of para-hydroxylation sites is 1. The molecule has 2 saturated heterocycles. The molecule has 0 aliphatic carbocycles. The zero-order valence-corrected chi connectivity index (χ0v) is 20.4. The molecular weight excluding hydrogens is 470 g/mol. The predicted octanol–water partition coefficient (Wildman–Crippen LogP) is 1.62. The van der Waals surface area contributed by atoms with Crippen LogP contribution >= 0.6 is 0 Å². The summed E-state index contributed by atoms with van der Waals surface area (Å²) in [4.78, 5) is 23.2. The highest BCUT2D eigenvalue weighted by molar-refractivity contribution is 5.33. The molecule has 1 aromatic carbocycles. The summed E-state index contributed by atoms with van der Waals surface area (Å²) in [5.74, 6) is 0.966. The van der Waals surface area contributed by atoms with Gasteiger partial charge in [-0.25, -0.2) is 4.98 Å². The van der Waals surface area contributed by atoms with E-state index >= 15 is 0 Å². The molecule has 0 amide bonds. The first-order chi connectivity index (χ1) is 17.5. The van der Waals surface area contributed by atoms with Crippen LogP contribution < -0.4 is 4.74 Å². The van der Waals surface area contributed by atoms with Crippen molar-refractivity contribution in [3.8, 4) is 5.75 Å². The van der Waals surface area contributed by atoms with Crippen molar-refractivity contribution in [1.29, 1.82) is 0 Å². The van der Waals surface area contributed by atoms with Gasteiger partial charge in [-0.05, 0) is 31.7 Å². The molecule has 0 unspecified atom stereocenters. The molecule has 0 bridgehead atoms. The fourth-order valence-electron chi connectivity index (χ4n) is 4.43. The van der Waals surface area contributed by atoms with Gasteiger partial charge in [0.05, 0.1) is 31.2 Å². The van der Waals surface area contributed by atoms with Crippen molar-refractivity contribution in [2.75, 3.05) is 26.3 Å². The third-order valence-corrected chi connectivity index (χ3v) is 6.35. The summed E-state index contributed by atoms with van der Waals surface area (Å²) in [6.45, 7) is 4.10. The standard InChI is InChI=1S/C23H33N3O4.2CH2O2/c27-20-15-23(30-17-21(20)28)7-11-25(12-8-23)16-19-5-1-2-6-22(19)29-14-4-3-10-26-13-9-24-18-26;2*2-1-3/h1-2,5-6,9,13,18,20-21,27-28H,3-4,7-8,10-12,14-17H2;2*1H,(H,2,3)/t20-,21+;;/m1../s1. The quantitative estimate of drug-likeness (QED) is 0.306. The minimum Gasteiger partial charge on any atom is -0.493 e. The number of aromatic nitrogens is 2. The van der Waals surface area contributed by atoms with Gasteiger partial charge in [-0.1, -0.05) is 18.2 Å². The van der Waals surface area contributed by atoms with Crippen LogP contribution in [0.1, 0.15) is 37.7 Å². The van der Waals surface area contributed by atoms with Crippen molar-refractivity contribution >= 4 is 12.9 Å². The topological polar surface area (TPSA) is 155 Å². The van der Waals surface area contributed by atoms with E-state index in [1.54, 1.807) is 6.20 Å². The molecule has 36 heavy (non-hydrogen) atoms. The van der Waals surface area contributed by atoms with Gasteiger partial charge in [0, 0.05) is 50.6 Å². The Kier molecular flexibility index (Phi) is 12.9. The van der Waals surface area contributed by atoms with Crippen molar-refractivity contribution in [3.05, 3.63) is 48.5 Å². The number of aryl methyl sites for hydroxylation is 1. The van der Waals surface area contributed by atoms with Crippen LogP contribution in [0.4, 0.5) is 0 Å². The maximum absolute atomic E-state index is 10.0. The number of rotatable bonds is 8. The molecule has 2 aromatic rings. The number of aliphatic hydroxyl groups is 2. The summed E-state index contributed by atoms with van der Waals surface area (Å²) >= 11 is 0. The number of ether oxygens (including phenoxy) is 2. The Hall–Kier alpha value is -2.99. The normalized spacial score (nSPS) is 20.8. The Bertz CT molecular complexity index is 866. The lowest BCUT2D eigenvalue weighted by atomic mass is 9.82. The number of unbranched alkanes of at least 4 members (excludes halogenated alkanes) is 1. The van der Waals surface area contributed by atoms with Crippen LogP contribution in [0.5, 0.6) is 5.75 Å². The van der Waals surface area contributed by atoms with Crippen LogP contribution in [-0.4, -0.2) is 91.9 Å². The minimum absolute atomic E-state index is 0.235. The number of hydrogen-bond acceptors (Lipinski definition) is 8. The molecule has 11 heteroatoms. The second-order valence-electron chi connectivity index (χ2n) is 8.78. The van der Waals surface area contributed by atoms with Gasteiger partial charge in [-0.2, -0.15) is 0 Å². The van der Waals surface area contributed by atoms with E-state index in [4.69, 9.17) is 29.3 Å². The minimum atomic E-state index is -0.752. The largest absolute Gasteiger partial charge is 0.493 e. The summed E-state index contributed by atoms with van der Waals surface area (Å²) < 4.78 is 14.1. The van der Waals surface area contributed by atoms with E-state index in [0.717, 1.165) is 57.6 Å². The van der Waals surface area contributed by atoms with Crippen LogP contribution in [0.25, 0.3) is 0 Å². The van der Waals surface area contributed by atoms with Crippen molar-refractivity contribution in [1.82, 2.24) is 14.5 Å². The molecule has 2 aliphatic heterocycles. The molecule has 4 N–H and O–H groups in total. The van der Waals surface area contributed by atoms with E-state index in [1.807, 2.05) is 18.6 Å². The number of nitrogens with zero attached hydrogens (tertiary/aromatic N) is 3. The number of likely N-dealkylation sites (tertiary alicyclic amines) is 1. The second kappa shape index (κ2) is 15.9. The van der Waals surface area contributed by atoms with E-state index in [1.165, 1.54) is 5.56 Å². The number of imidazole rings is 1. The maximum atomic E-state index is 10.0. The first kappa shape index (κ1) is 29.2. The summed E-state index contributed by atoms with van der Waals surface area (Å²) in [6.07, 6.45) is 8.58. The van der Waals surface area contributed by atoms with Crippen LogP contribution in [0, 0.1) is 0 Å². The number of hydrogen-bond donors (Lipinski definition) is 4. The Balaban J connectivity index is 0.000000693. The maximum Gasteiger partial charge on any atom is 0.290 e. The zero-order chi connectivity index (χ0) is 26.2. The molecule has 11 nitrogen and oxygen atoms in total. The van der Waals surface area contributed by atoms with Crippen LogP contribution in [0.15, 0.2) is 43.0 Å². The van der Waals surface area contributed by atoms with Crippen molar-refractivity contribution < 1.29 is 39.5 Å². The molecule has 2 fully saturated rings. The molecule has 0 radical (unpaired) electrons. The van der Waals surface area contributed by atoms with E-state index in [2.05, 4.69) is 32.7 Å². The number of aliphatic hydroxyl groups excluding tert-OH is 2. The van der Waals surface area contributed by atoms with Gasteiger partial charge < -0.3 is 34.5 Å². The van der Waals surface area contributed by atoms with Gasteiger partial charge in [0.15, 0.2) is 0 Å². The Morgan fingerprint density at radius 2 is 1.78 bits per heavy atom. The van der Waals surface area contributed by atoms with E-state index < -0.39 is 12.2 Å². The van der Waals surface area contributed by atoms with E-state index in [0.29, 0.717) is 13.0 Å². The lowest BCUT2D eigenvalue weighted by Crippen LogP contribution is -2.54. The molecule has 4 rings (SSSR count). The molecule has 1 aromatic heterocycles. The van der Waals surface area contributed by atoms with E-state index in [9.17, 15) is 10.2 Å². The van der Waals surface area contributed by atoms with Crippen molar-refractivity contribution in [3.63, 3.8) is 0 Å². The molecule has 200 valence electrons. The van der Waals surface area contributed by atoms with Gasteiger partial charge in [-0.15, -0.1) is 0 Å². The number of piperidine rings is 1. The molecule has 0 saturated carbocycles. The SMILES string of the molecule is O=CO.O=CO.O[C@@H]1CC2(CCN(Cc3ccccc3OCCCCn3ccnc3)CC2)OC[C@@H]1O. The smallest absolute Gasteiger partial charge is 0.290 e. The fraction of sp³-hybridized carbons (Fsp3) is 0.560. The Morgan fingerprint density at radius 1 is 1.08 bits per heavy atom. The molecule has 3 heterocycles. The zero-order valence-electron chi connectivity index (χ0n) is 20.4. The molecule has 2 aliphatic rings. The predicted molar refractivity (Wildman–Crippen MR) is 131 cm³/mol. The van der Waals surface area contributed by atoms with Crippen LogP contribution in [-0.2, 0) is 27.4 Å². The number of benzene rings is 1. The highest BCUT2D eigenvalue weighted by atomic mass is 16.5. The van der Waals surface area contributed by atoms with Gasteiger partial charge in [0.1, 0.15) is 11.9 Å². The van der Waals surface area contributed by atoms with E-state index in [-0.39, 0.29) is 25.2 Å². The third-order valence-electron chi connectivity index (χ3n) is 6.35. The summed E-state index contributed by atoms with van der Waals surface area (Å²) in [6, 6.07) is 8.29. The molecule has 1 spiro atoms. The van der Waals surface area contributed by atoms with Gasteiger partial charge >= 0.3 is 0 Å². The number of carboxylic acid groups (broad SMARTS) is 2. The fourth-order valence-corrected chi connectivity index (χ4v) is 4.43. The highest BCUT2D eigenvalue weighted by Gasteiger charge is 2.42. The average molecular weight is 508 g/mol. The number of carbonyl (C=O) groups is 2. The van der Waals surface area contributed by atoms with Crippen molar-refractivity contribution in [2.45, 2.75) is 63.0 Å². The second-order valence-corrected chi connectivity index (χ2v) is 8.78. The molecule has 2 atom stereocenters. The van der Waals surface area contributed by atoms with Crippen molar-refractivity contribution in [2.24, 2.45) is 0 Å². The van der Waals surface area contributed by atoms with Crippen LogP contribution in [0.2, 0.25) is 0 Å². The lowest BCUT2D eigenvalue weighted by Gasteiger charge is -2.46. The van der Waals surface area contributed by atoms with Gasteiger partial charge in [-0.3, -0.25) is 14.5 Å². The van der Waals surface area contributed by atoms with Gasteiger partial charge in [0.2, 0.25) is 0 Å². The Labute approximate surface area is 210 Å². The summed E-state index contributed by atoms with van der Waals surface area (Å²) in [5, 5.41) is 33.5.